The van der Waals surface area contributed by atoms with Gasteiger partial charge in [0.25, 0.3) is 0 Å². The molecule has 0 spiro atoms. The van der Waals surface area contributed by atoms with E-state index in [-0.39, 0.29) is 12.4 Å². The lowest BCUT2D eigenvalue weighted by atomic mass is 10.1. The molecule has 0 heterocycles. The highest BCUT2D eigenvalue weighted by atomic mass is 79.9. The smallest absolute Gasteiger partial charge is 0.188 e. The maximum Gasteiger partial charge on any atom is 0.188 e. The number of ketones is 1. The van der Waals surface area contributed by atoms with Gasteiger partial charge in [-0.1, -0.05) is 47.8 Å². The first-order valence-corrected chi connectivity index (χ1v) is 6.40. The molecule has 88 valence electrons. The predicted octanol–water partition coefficient (Wildman–Crippen LogP) is 3.84. The van der Waals surface area contributed by atoms with Crippen molar-refractivity contribution >= 4 is 21.7 Å². The molecule has 0 aliphatic rings. The highest BCUT2D eigenvalue weighted by Crippen LogP contribution is 2.11. The third kappa shape index (κ3) is 4.90. The summed E-state index contributed by atoms with van der Waals surface area (Å²) in [7, 11) is 0. The summed E-state index contributed by atoms with van der Waals surface area (Å²) in [6.07, 6.45) is 3.36. The second kappa shape index (κ2) is 7.58. The van der Waals surface area contributed by atoms with E-state index in [0.29, 0.717) is 12.2 Å². The lowest BCUT2D eigenvalue weighted by molar-refractivity contribution is 0.0753. The van der Waals surface area contributed by atoms with Gasteiger partial charge in [-0.25, -0.2) is 0 Å². The fourth-order valence-electron chi connectivity index (χ4n) is 1.34. The molecule has 0 N–H and O–H groups in total. The van der Waals surface area contributed by atoms with E-state index in [4.69, 9.17) is 4.74 Å². The molecule has 1 rings (SSSR count). The van der Waals surface area contributed by atoms with Crippen LogP contribution in [0.4, 0.5) is 0 Å². The second-order valence-electron chi connectivity index (χ2n) is 3.69. The van der Waals surface area contributed by atoms with Gasteiger partial charge in [-0.3, -0.25) is 4.79 Å². The first-order valence-electron chi connectivity index (χ1n) is 5.60. The van der Waals surface area contributed by atoms with Crippen molar-refractivity contribution in [2.75, 3.05) is 13.2 Å². The average Bonchev–Trinajstić information content (AvgIpc) is 2.29. The molecule has 0 atom stereocenters. The summed E-state index contributed by atoms with van der Waals surface area (Å²) in [4.78, 5) is 11.6. The standard InChI is InChI=1S/C13H17BrO2/c1-2-3-4-9-16-10-13(15)11-5-7-12(14)8-6-11/h5-8H,2-4,9-10H2,1H3. The summed E-state index contributed by atoms with van der Waals surface area (Å²) in [5.74, 6) is 0.0454. The number of hydrogen-bond donors (Lipinski definition) is 0. The third-order valence-electron chi connectivity index (χ3n) is 2.29. The Hall–Kier alpha value is -0.670. The highest BCUT2D eigenvalue weighted by molar-refractivity contribution is 9.10. The van der Waals surface area contributed by atoms with Crippen molar-refractivity contribution in [3.8, 4) is 0 Å². The van der Waals surface area contributed by atoms with Crippen molar-refractivity contribution in [3.63, 3.8) is 0 Å². The number of Topliss-reactive ketones (excluding diaryl/α,β-unsaturated/α-hetero) is 1. The van der Waals surface area contributed by atoms with Crippen molar-refractivity contribution in [3.05, 3.63) is 34.3 Å². The molecular formula is C13H17BrO2. The third-order valence-corrected chi connectivity index (χ3v) is 2.82. The van der Waals surface area contributed by atoms with Gasteiger partial charge in [-0.2, -0.15) is 0 Å². The van der Waals surface area contributed by atoms with E-state index >= 15 is 0 Å². The van der Waals surface area contributed by atoms with Crippen LogP contribution in [0.1, 0.15) is 36.5 Å². The van der Waals surface area contributed by atoms with Crippen LogP contribution in [-0.4, -0.2) is 19.0 Å². The van der Waals surface area contributed by atoms with Gasteiger partial charge in [0.15, 0.2) is 5.78 Å². The van der Waals surface area contributed by atoms with Crippen molar-refractivity contribution in [1.82, 2.24) is 0 Å². The fourth-order valence-corrected chi connectivity index (χ4v) is 1.60. The number of halogens is 1. The minimum Gasteiger partial charge on any atom is -0.373 e. The Morgan fingerprint density at radius 1 is 1.25 bits per heavy atom. The molecule has 0 aromatic heterocycles. The van der Waals surface area contributed by atoms with E-state index in [1.54, 1.807) is 0 Å². The molecule has 0 saturated carbocycles. The van der Waals surface area contributed by atoms with Gasteiger partial charge in [0, 0.05) is 16.6 Å². The number of hydrogen-bond acceptors (Lipinski definition) is 2. The summed E-state index contributed by atoms with van der Waals surface area (Å²) in [6.45, 7) is 3.01. The van der Waals surface area contributed by atoms with Gasteiger partial charge in [0.05, 0.1) is 0 Å². The summed E-state index contributed by atoms with van der Waals surface area (Å²) in [5, 5.41) is 0. The van der Waals surface area contributed by atoms with Gasteiger partial charge in [0.1, 0.15) is 6.61 Å². The Morgan fingerprint density at radius 3 is 2.56 bits per heavy atom. The molecule has 16 heavy (non-hydrogen) atoms. The molecule has 0 fully saturated rings. The average molecular weight is 285 g/mol. The van der Waals surface area contributed by atoms with Crippen molar-refractivity contribution < 1.29 is 9.53 Å². The normalized spacial score (nSPS) is 10.4. The molecule has 0 radical (unpaired) electrons. The van der Waals surface area contributed by atoms with Crippen molar-refractivity contribution in [2.24, 2.45) is 0 Å². The molecule has 2 nitrogen and oxygen atoms in total. The quantitative estimate of drug-likeness (QED) is 0.562. The van der Waals surface area contributed by atoms with Crippen LogP contribution in [-0.2, 0) is 4.74 Å². The molecule has 0 amide bonds. The number of rotatable bonds is 7. The van der Waals surface area contributed by atoms with Crippen molar-refractivity contribution in [2.45, 2.75) is 26.2 Å². The largest absolute Gasteiger partial charge is 0.373 e. The van der Waals surface area contributed by atoms with E-state index in [9.17, 15) is 4.79 Å². The van der Waals surface area contributed by atoms with Gasteiger partial charge in [0.2, 0.25) is 0 Å². The Kier molecular flexibility index (Phi) is 6.34. The Bertz CT molecular complexity index is 319. The summed E-state index contributed by atoms with van der Waals surface area (Å²) < 4.78 is 6.30. The Balaban J connectivity index is 2.27. The molecule has 0 aliphatic carbocycles. The molecule has 0 aliphatic heterocycles. The van der Waals surface area contributed by atoms with E-state index < -0.39 is 0 Å². The molecule has 1 aromatic rings. The van der Waals surface area contributed by atoms with Crippen LogP contribution in [0.25, 0.3) is 0 Å². The first kappa shape index (κ1) is 13.4. The van der Waals surface area contributed by atoms with E-state index in [0.717, 1.165) is 17.3 Å². The maximum atomic E-state index is 11.6. The van der Waals surface area contributed by atoms with Gasteiger partial charge >= 0.3 is 0 Å². The Morgan fingerprint density at radius 2 is 1.94 bits per heavy atom. The van der Waals surface area contributed by atoms with Crippen LogP contribution >= 0.6 is 15.9 Å². The zero-order chi connectivity index (χ0) is 11.8. The number of carbonyl (C=O) groups is 1. The van der Waals surface area contributed by atoms with Crippen LogP contribution in [0.5, 0.6) is 0 Å². The highest BCUT2D eigenvalue weighted by Gasteiger charge is 2.04. The maximum absolute atomic E-state index is 11.6. The van der Waals surface area contributed by atoms with Crippen LogP contribution in [0.3, 0.4) is 0 Å². The Labute approximate surface area is 105 Å². The number of benzene rings is 1. The number of carbonyl (C=O) groups excluding carboxylic acids is 1. The lowest BCUT2D eigenvalue weighted by Crippen LogP contribution is -2.09. The number of ether oxygens (including phenoxy) is 1. The molecular weight excluding hydrogens is 268 g/mol. The first-order chi connectivity index (χ1) is 7.74. The van der Waals surface area contributed by atoms with Crippen LogP contribution in [0, 0.1) is 0 Å². The minimum absolute atomic E-state index is 0.0454. The SMILES string of the molecule is CCCCCOCC(=O)c1ccc(Br)cc1. The summed E-state index contributed by atoms with van der Waals surface area (Å²) in [5.41, 5.74) is 0.707. The summed E-state index contributed by atoms with van der Waals surface area (Å²) >= 11 is 3.33. The fraction of sp³-hybridized carbons (Fsp3) is 0.462. The summed E-state index contributed by atoms with van der Waals surface area (Å²) in [6, 6.07) is 7.35. The van der Waals surface area contributed by atoms with Gasteiger partial charge < -0.3 is 4.74 Å². The minimum atomic E-state index is 0.0454. The van der Waals surface area contributed by atoms with Crippen molar-refractivity contribution in [1.29, 1.82) is 0 Å². The molecule has 3 heteroatoms. The predicted molar refractivity (Wildman–Crippen MR) is 68.8 cm³/mol. The van der Waals surface area contributed by atoms with Crippen LogP contribution < -0.4 is 0 Å². The topological polar surface area (TPSA) is 26.3 Å². The number of unbranched alkanes of at least 4 members (excludes halogenated alkanes) is 2. The van der Waals surface area contributed by atoms with E-state index in [2.05, 4.69) is 22.9 Å². The zero-order valence-electron chi connectivity index (χ0n) is 9.54. The van der Waals surface area contributed by atoms with Crippen LogP contribution in [0.15, 0.2) is 28.7 Å². The molecule has 0 saturated heterocycles. The monoisotopic (exact) mass is 284 g/mol. The molecule has 0 unspecified atom stereocenters. The molecule has 0 bridgehead atoms. The van der Waals surface area contributed by atoms with Crippen LogP contribution in [0.2, 0.25) is 0 Å². The van der Waals surface area contributed by atoms with Gasteiger partial charge in [-0.05, 0) is 18.6 Å². The second-order valence-corrected chi connectivity index (χ2v) is 4.61. The van der Waals surface area contributed by atoms with E-state index in [1.165, 1.54) is 6.42 Å². The zero-order valence-corrected chi connectivity index (χ0v) is 11.1. The van der Waals surface area contributed by atoms with E-state index in [1.807, 2.05) is 24.3 Å². The lowest BCUT2D eigenvalue weighted by Gasteiger charge is -2.03. The van der Waals surface area contributed by atoms with Gasteiger partial charge in [-0.15, -0.1) is 0 Å². The molecule has 1 aromatic carbocycles.